The molecule has 0 aliphatic heterocycles. The second-order valence-electron chi connectivity index (χ2n) is 7.10. The first-order chi connectivity index (χ1) is 14.4. The van der Waals surface area contributed by atoms with Crippen molar-refractivity contribution in [2.24, 2.45) is 4.99 Å². The Kier molecular flexibility index (Phi) is 5.50. The molecule has 0 fully saturated rings. The molecule has 0 saturated heterocycles. The second kappa shape index (κ2) is 8.24. The Hall–Kier alpha value is -3.25. The van der Waals surface area contributed by atoms with Crippen LogP contribution in [0.5, 0.6) is 0 Å². The number of carbonyl (C=O) groups excluding carboxylic acids is 1. The van der Waals surface area contributed by atoms with Crippen molar-refractivity contribution in [3.8, 4) is 0 Å². The van der Waals surface area contributed by atoms with E-state index < -0.39 is 0 Å². The summed E-state index contributed by atoms with van der Waals surface area (Å²) in [5.74, 6) is 0.148. The fourth-order valence-electron chi connectivity index (χ4n) is 3.11. The van der Waals surface area contributed by atoms with E-state index in [-0.39, 0.29) is 11.5 Å². The third kappa shape index (κ3) is 4.19. The summed E-state index contributed by atoms with van der Waals surface area (Å²) in [6.07, 6.45) is 0. The number of aromatic nitrogens is 1. The van der Waals surface area contributed by atoms with Gasteiger partial charge in [0.15, 0.2) is 0 Å². The quantitative estimate of drug-likeness (QED) is 0.406. The number of pyridine rings is 1. The van der Waals surface area contributed by atoms with Crippen LogP contribution in [0.1, 0.15) is 27.2 Å². The third-order valence-corrected chi connectivity index (χ3v) is 5.37. The molecule has 6 heteroatoms. The maximum absolute atomic E-state index is 13.1. The van der Waals surface area contributed by atoms with E-state index in [0.29, 0.717) is 17.0 Å². The molecule has 1 amide bonds. The number of rotatable bonds is 3. The van der Waals surface area contributed by atoms with Gasteiger partial charge in [0, 0.05) is 15.6 Å². The van der Waals surface area contributed by atoms with Crippen molar-refractivity contribution >= 4 is 44.3 Å². The Labute approximate surface area is 182 Å². The molecule has 0 atom stereocenters. The third-order valence-electron chi connectivity index (χ3n) is 4.88. The van der Waals surface area contributed by atoms with E-state index in [1.807, 2.05) is 69.3 Å². The van der Waals surface area contributed by atoms with E-state index in [1.165, 1.54) is 0 Å². The average Bonchev–Trinajstić information content (AvgIpc) is 2.71. The van der Waals surface area contributed by atoms with Crippen LogP contribution >= 0.6 is 15.9 Å². The lowest BCUT2D eigenvalue weighted by Crippen LogP contribution is -2.22. The molecular weight excluding hydrogens is 442 g/mol. The lowest BCUT2D eigenvalue weighted by Gasteiger charge is -2.08. The molecule has 0 radical (unpaired) electrons. The Balaban J connectivity index is 1.89. The number of hydrogen-bond acceptors (Lipinski definition) is 4. The number of benzene rings is 2. The molecule has 1 N–H and O–H groups in total. The van der Waals surface area contributed by atoms with Crippen molar-refractivity contribution in [3.05, 3.63) is 93.1 Å². The molecule has 0 unspecified atom stereocenters. The molecule has 5 nitrogen and oxygen atoms in total. The van der Waals surface area contributed by atoms with Crippen molar-refractivity contribution in [2.45, 2.75) is 20.8 Å². The molecular formula is C24H20BrN3O2. The van der Waals surface area contributed by atoms with E-state index >= 15 is 0 Å². The molecule has 0 saturated carbocycles. The zero-order valence-electron chi connectivity index (χ0n) is 16.9. The summed E-state index contributed by atoms with van der Waals surface area (Å²) in [5, 5.41) is 3.65. The van der Waals surface area contributed by atoms with Gasteiger partial charge in [-0.05, 0) is 74.4 Å². The standard InChI is InChI=1S/C24H20BrN3O2/c1-14-6-4-8-20(16(14)3)27-24-19(13-17-12-18(25)10-11-21(17)30-24)23(29)28-22-9-5-7-15(2)26-22/h4-13H,1-3H3,(H,26,28,29). The zero-order valence-corrected chi connectivity index (χ0v) is 18.4. The van der Waals surface area contributed by atoms with Gasteiger partial charge in [-0.15, -0.1) is 0 Å². The highest BCUT2D eigenvalue weighted by atomic mass is 79.9. The number of nitrogens with zero attached hydrogens (tertiary/aromatic N) is 2. The van der Waals surface area contributed by atoms with E-state index in [2.05, 4.69) is 26.2 Å². The summed E-state index contributed by atoms with van der Waals surface area (Å²) in [7, 11) is 0. The lowest BCUT2D eigenvalue weighted by molar-refractivity contribution is 0.102. The van der Waals surface area contributed by atoms with Crippen molar-refractivity contribution in [1.82, 2.24) is 4.98 Å². The Morgan fingerprint density at radius 2 is 1.83 bits per heavy atom. The predicted molar refractivity (Wildman–Crippen MR) is 122 cm³/mol. The Morgan fingerprint density at radius 3 is 2.63 bits per heavy atom. The molecule has 4 aromatic rings. The van der Waals surface area contributed by atoms with E-state index in [0.717, 1.165) is 32.4 Å². The van der Waals surface area contributed by atoms with Crippen molar-refractivity contribution < 1.29 is 9.21 Å². The van der Waals surface area contributed by atoms with Gasteiger partial charge in [-0.3, -0.25) is 4.79 Å². The number of anilines is 1. The molecule has 2 heterocycles. The summed E-state index contributed by atoms with van der Waals surface area (Å²) >= 11 is 3.47. The first-order valence-electron chi connectivity index (χ1n) is 9.50. The van der Waals surface area contributed by atoms with Gasteiger partial charge in [-0.1, -0.05) is 34.1 Å². The van der Waals surface area contributed by atoms with E-state index in [1.54, 1.807) is 12.1 Å². The van der Waals surface area contributed by atoms with Crippen LogP contribution in [0.3, 0.4) is 0 Å². The van der Waals surface area contributed by atoms with Gasteiger partial charge in [0.25, 0.3) is 5.91 Å². The normalized spacial score (nSPS) is 11.7. The average molecular weight is 462 g/mol. The topological polar surface area (TPSA) is 67.5 Å². The molecule has 2 aromatic heterocycles. The van der Waals surface area contributed by atoms with Crippen LogP contribution in [0, 0.1) is 20.8 Å². The highest BCUT2D eigenvalue weighted by molar-refractivity contribution is 9.10. The van der Waals surface area contributed by atoms with Crippen LogP contribution in [-0.2, 0) is 0 Å². The predicted octanol–water partition coefficient (Wildman–Crippen LogP) is 6.00. The molecule has 0 aliphatic rings. The maximum atomic E-state index is 13.1. The second-order valence-corrected chi connectivity index (χ2v) is 8.01. The Morgan fingerprint density at radius 1 is 1.03 bits per heavy atom. The molecule has 150 valence electrons. The number of aryl methyl sites for hydroxylation is 2. The minimum Gasteiger partial charge on any atom is -0.438 e. The van der Waals surface area contributed by atoms with Crippen LogP contribution < -0.4 is 10.9 Å². The molecule has 0 aliphatic carbocycles. The van der Waals surface area contributed by atoms with Gasteiger partial charge in [-0.2, -0.15) is 0 Å². The van der Waals surface area contributed by atoms with Gasteiger partial charge >= 0.3 is 0 Å². The molecule has 4 rings (SSSR count). The maximum Gasteiger partial charge on any atom is 0.262 e. The number of nitrogens with one attached hydrogen (secondary N) is 1. The smallest absolute Gasteiger partial charge is 0.262 e. The summed E-state index contributed by atoms with van der Waals surface area (Å²) in [6.45, 7) is 5.91. The molecule has 0 spiro atoms. The summed E-state index contributed by atoms with van der Waals surface area (Å²) in [4.78, 5) is 22.2. The highest BCUT2D eigenvalue weighted by Gasteiger charge is 2.14. The van der Waals surface area contributed by atoms with Crippen molar-refractivity contribution in [1.29, 1.82) is 0 Å². The number of fused-ring (bicyclic) bond motifs is 1. The van der Waals surface area contributed by atoms with Crippen LogP contribution in [0.15, 0.2) is 74.5 Å². The first-order valence-corrected chi connectivity index (χ1v) is 10.3. The van der Waals surface area contributed by atoms with Gasteiger partial charge in [0.2, 0.25) is 5.55 Å². The zero-order chi connectivity index (χ0) is 21.3. The monoisotopic (exact) mass is 461 g/mol. The molecule has 0 bridgehead atoms. The van der Waals surface area contributed by atoms with Gasteiger partial charge in [-0.25, -0.2) is 9.98 Å². The fourth-order valence-corrected chi connectivity index (χ4v) is 3.49. The van der Waals surface area contributed by atoms with E-state index in [4.69, 9.17) is 9.41 Å². The van der Waals surface area contributed by atoms with Crippen LogP contribution in [0.2, 0.25) is 0 Å². The van der Waals surface area contributed by atoms with Gasteiger partial charge in [0.05, 0.1) is 5.69 Å². The molecule has 30 heavy (non-hydrogen) atoms. The SMILES string of the molecule is Cc1cccc(NC(=O)c2cc3cc(Br)ccc3oc2=Nc2cccc(C)c2C)n1. The van der Waals surface area contributed by atoms with E-state index in [9.17, 15) is 4.79 Å². The van der Waals surface area contributed by atoms with Crippen molar-refractivity contribution in [3.63, 3.8) is 0 Å². The minimum absolute atomic E-state index is 0.253. The summed E-state index contributed by atoms with van der Waals surface area (Å²) < 4.78 is 6.96. The summed E-state index contributed by atoms with van der Waals surface area (Å²) in [5.41, 5.74) is 4.98. The largest absolute Gasteiger partial charge is 0.438 e. The van der Waals surface area contributed by atoms with Gasteiger partial charge < -0.3 is 9.73 Å². The van der Waals surface area contributed by atoms with Crippen LogP contribution in [-0.4, -0.2) is 10.9 Å². The number of carbonyl (C=O) groups is 1. The van der Waals surface area contributed by atoms with Crippen LogP contribution in [0.25, 0.3) is 11.0 Å². The highest BCUT2D eigenvalue weighted by Crippen LogP contribution is 2.23. The van der Waals surface area contributed by atoms with Crippen molar-refractivity contribution in [2.75, 3.05) is 5.32 Å². The lowest BCUT2D eigenvalue weighted by atomic mass is 10.1. The first kappa shape index (κ1) is 20.0. The van der Waals surface area contributed by atoms with Gasteiger partial charge in [0.1, 0.15) is 17.0 Å². The summed E-state index contributed by atoms with van der Waals surface area (Å²) in [6, 6.07) is 18.8. The molecule has 2 aromatic carbocycles. The number of amides is 1. The minimum atomic E-state index is -0.331. The fraction of sp³-hybridized carbons (Fsp3) is 0.125. The van der Waals surface area contributed by atoms with Crippen LogP contribution in [0.4, 0.5) is 11.5 Å². The number of hydrogen-bond donors (Lipinski definition) is 1. The number of halogens is 1. The Bertz CT molecular complexity index is 1340.